The van der Waals surface area contributed by atoms with Crippen molar-refractivity contribution < 1.29 is 9.59 Å². The molecule has 0 saturated heterocycles. The predicted molar refractivity (Wildman–Crippen MR) is 134 cm³/mol. The molecule has 0 bridgehead atoms. The average molecular weight is 471 g/mol. The number of fused-ring (bicyclic) bond motifs is 1. The molecule has 0 unspecified atom stereocenters. The number of amides is 2. The minimum absolute atomic E-state index is 0.0360. The maximum absolute atomic E-state index is 12.6. The topological polar surface area (TPSA) is 67.2 Å². The standard InChI is InChI=1S/C27H26N4O2S/c32-25(11-12-26(33)30-15-13-24-21(18-30)14-16-34-24)28-17-22-19-31(23-9-5-2-6-10-23)29-27(22)20-7-3-1-4-8-20/h1-10,14,16,19H,11-13,15,17-18H2,(H,28,32). The molecule has 2 aromatic carbocycles. The number of nitrogens with zero attached hydrogens (tertiary/aromatic N) is 3. The molecule has 4 aromatic rings. The highest BCUT2D eigenvalue weighted by Crippen LogP contribution is 2.25. The molecule has 5 rings (SSSR count). The quantitative estimate of drug-likeness (QED) is 0.430. The van der Waals surface area contributed by atoms with Crippen LogP contribution in [0.25, 0.3) is 16.9 Å². The summed E-state index contributed by atoms with van der Waals surface area (Å²) in [5.74, 6) is -0.0954. The first-order valence-corrected chi connectivity index (χ1v) is 12.3. The molecule has 0 aliphatic carbocycles. The maximum atomic E-state index is 12.6. The van der Waals surface area contributed by atoms with Crippen molar-refractivity contribution in [1.29, 1.82) is 0 Å². The summed E-state index contributed by atoms with van der Waals surface area (Å²) < 4.78 is 1.84. The highest BCUT2D eigenvalue weighted by molar-refractivity contribution is 7.10. The van der Waals surface area contributed by atoms with E-state index in [1.165, 1.54) is 10.4 Å². The van der Waals surface area contributed by atoms with Crippen LogP contribution in [0.15, 0.2) is 78.3 Å². The molecule has 172 valence electrons. The Kier molecular flexibility index (Phi) is 6.53. The van der Waals surface area contributed by atoms with Crippen LogP contribution in [0.5, 0.6) is 0 Å². The summed E-state index contributed by atoms with van der Waals surface area (Å²) in [6, 6.07) is 21.9. The zero-order valence-corrected chi connectivity index (χ0v) is 19.6. The average Bonchev–Trinajstić information content (AvgIpc) is 3.54. The smallest absolute Gasteiger partial charge is 0.223 e. The number of para-hydroxylation sites is 1. The lowest BCUT2D eigenvalue weighted by Gasteiger charge is -2.27. The molecule has 34 heavy (non-hydrogen) atoms. The first-order valence-electron chi connectivity index (χ1n) is 11.5. The van der Waals surface area contributed by atoms with Crippen molar-refractivity contribution in [3.63, 3.8) is 0 Å². The molecule has 0 fully saturated rings. The van der Waals surface area contributed by atoms with Crippen LogP contribution in [0.4, 0.5) is 0 Å². The minimum atomic E-state index is -0.131. The Labute approximate surface area is 202 Å². The third-order valence-corrected chi connectivity index (χ3v) is 7.08. The molecule has 2 amide bonds. The van der Waals surface area contributed by atoms with Gasteiger partial charge in [0.1, 0.15) is 0 Å². The summed E-state index contributed by atoms with van der Waals surface area (Å²) in [6.45, 7) is 1.73. The normalized spacial score (nSPS) is 12.9. The van der Waals surface area contributed by atoms with Gasteiger partial charge in [-0.05, 0) is 35.6 Å². The second kappa shape index (κ2) is 10.1. The molecular formula is C27H26N4O2S. The van der Waals surface area contributed by atoms with Crippen LogP contribution < -0.4 is 5.32 Å². The second-order valence-electron chi connectivity index (χ2n) is 8.36. The van der Waals surface area contributed by atoms with Crippen LogP contribution in [0.3, 0.4) is 0 Å². The van der Waals surface area contributed by atoms with Gasteiger partial charge in [-0.25, -0.2) is 4.68 Å². The van der Waals surface area contributed by atoms with Crippen LogP contribution in [0, 0.1) is 0 Å². The summed E-state index contributed by atoms with van der Waals surface area (Å²) >= 11 is 1.75. The van der Waals surface area contributed by atoms with E-state index in [9.17, 15) is 9.59 Å². The molecule has 0 saturated carbocycles. The Morgan fingerprint density at radius 3 is 2.53 bits per heavy atom. The third-order valence-electron chi connectivity index (χ3n) is 6.06. The zero-order chi connectivity index (χ0) is 23.3. The van der Waals surface area contributed by atoms with Crippen LogP contribution >= 0.6 is 11.3 Å². The van der Waals surface area contributed by atoms with E-state index in [0.29, 0.717) is 13.1 Å². The van der Waals surface area contributed by atoms with E-state index in [2.05, 4.69) is 16.8 Å². The second-order valence-corrected chi connectivity index (χ2v) is 9.36. The van der Waals surface area contributed by atoms with Gasteiger partial charge in [0.15, 0.2) is 0 Å². The first-order chi connectivity index (χ1) is 16.7. The van der Waals surface area contributed by atoms with Crippen LogP contribution in [0.1, 0.15) is 28.8 Å². The van der Waals surface area contributed by atoms with Gasteiger partial charge in [-0.1, -0.05) is 48.5 Å². The SMILES string of the molecule is O=C(CCC(=O)N1CCc2sccc2C1)NCc1cn(-c2ccccc2)nc1-c1ccccc1. The van der Waals surface area contributed by atoms with Gasteiger partial charge < -0.3 is 10.2 Å². The molecule has 1 aliphatic rings. The number of rotatable bonds is 7. The maximum Gasteiger partial charge on any atom is 0.223 e. The molecule has 1 aliphatic heterocycles. The number of aromatic nitrogens is 2. The lowest BCUT2D eigenvalue weighted by molar-refractivity contribution is -0.134. The van der Waals surface area contributed by atoms with E-state index < -0.39 is 0 Å². The van der Waals surface area contributed by atoms with Crippen LogP contribution in [0.2, 0.25) is 0 Å². The van der Waals surface area contributed by atoms with Gasteiger partial charge in [-0.3, -0.25) is 9.59 Å². The van der Waals surface area contributed by atoms with Gasteiger partial charge in [-0.2, -0.15) is 5.10 Å². The monoisotopic (exact) mass is 470 g/mol. The molecule has 0 radical (unpaired) electrons. The van der Waals surface area contributed by atoms with E-state index in [-0.39, 0.29) is 24.7 Å². The van der Waals surface area contributed by atoms with Crippen LogP contribution in [-0.4, -0.2) is 33.0 Å². The number of nitrogens with one attached hydrogen (secondary N) is 1. The van der Waals surface area contributed by atoms with Gasteiger partial charge in [0, 0.05) is 54.7 Å². The van der Waals surface area contributed by atoms with Gasteiger partial charge in [0.2, 0.25) is 11.8 Å². The number of benzene rings is 2. The molecule has 7 heteroatoms. The summed E-state index contributed by atoms with van der Waals surface area (Å²) in [5.41, 5.74) is 4.95. The van der Waals surface area contributed by atoms with Crippen molar-refractivity contribution in [2.24, 2.45) is 0 Å². The van der Waals surface area contributed by atoms with Crippen molar-refractivity contribution in [3.05, 3.63) is 94.3 Å². The number of carbonyl (C=O) groups excluding carboxylic acids is 2. The fourth-order valence-corrected chi connectivity index (χ4v) is 5.10. The van der Waals surface area contributed by atoms with Gasteiger partial charge in [-0.15, -0.1) is 11.3 Å². The highest BCUT2D eigenvalue weighted by atomic mass is 32.1. The summed E-state index contributed by atoms with van der Waals surface area (Å²) in [4.78, 5) is 28.5. The van der Waals surface area contributed by atoms with Crippen molar-refractivity contribution in [2.75, 3.05) is 6.54 Å². The molecule has 6 nitrogen and oxygen atoms in total. The molecule has 2 aromatic heterocycles. The number of hydrogen-bond acceptors (Lipinski definition) is 4. The summed E-state index contributed by atoms with van der Waals surface area (Å²) in [6.07, 6.45) is 3.26. The van der Waals surface area contributed by atoms with Gasteiger partial charge in [0.05, 0.1) is 11.4 Å². The van der Waals surface area contributed by atoms with Crippen molar-refractivity contribution in [1.82, 2.24) is 20.0 Å². The lowest BCUT2D eigenvalue weighted by atomic mass is 10.1. The Morgan fingerprint density at radius 2 is 1.74 bits per heavy atom. The van der Waals surface area contributed by atoms with Gasteiger partial charge in [0.25, 0.3) is 0 Å². The lowest BCUT2D eigenvalue weighted by Crippen LogP contribution is -2.36. The van der Waals surface area contributed by atoms with E-state index in [1.54, 1.807) is 11.3 Å². The van der Waals surface area contributed by atoms with E-state index in [1.807, 2.05) is 76.4 Å². The van der Waals surface area contributed by atoms with E-state index in [0.717, 1.165) is 35.5 Å². The number of thiophene rings is 1. The fraction of sp³-hybridized carbons (Fsp3) is 0.222. The van der Waals surface area contributed by atoms with E-state index >= 15 is 0 Å². The third kappa shape index (κ3) is 4.94. The summed E-state index contributed by atoms with van der Waals surface area (Å²) in [5, 5.41) is 9.84. The predicted octanol–water partition coefficient (Wildman–Crippen LogP) is 4.58. The summed E-state index contributed by atoms with van der Waals surface area (Å²) in [7, 11) is 0. The molecule has 1 N–H and O–H groups in total. The Morgan fingerprint density at radius 1 is 0.971 bits per heavy atom. The molecule has 0 atom stereocenters. The fourth-order valence-electron chi connectivity index (χ4n) is 4.21. The number of hydrogen-bond donors (Lipinski definition) is 1. The highest BCUT2D eigenvalue weighted by Gasteiger charge is 2.22. The van der Waals surface area contributed by atoms with Crippen molar-refractivity contribution >= 4 is 23.2 Å². The minimum Gasteiger partial charge on any atom is -0.352 e. The van der Waals surface area contributed by atoms with Crippen LogP contribution in [-0.2, 0) is 29.1 Å². The Bertz CT molecular complexity index is 1280. The van der Waals surface area contributed by atoms with Gasteiger partial charge >= 0.3 is 0 Å². The number of carbonyl (C=O) groups is 2. The Balaban J connectivity index is 1.21. The molecule has 0 spiro atoms. The molecule has 3 heterocycles. The molecular weight excluding hydrogens is 444 g/mol. The van der Waals surface area contributed by atoms with Crippen molar-refractivity contribution in [2.45, 2.75) is 32.4 Å². The van der Waals surface area contributed by atoms with Crippen molar-refractivity contribution in [3.8, 4) is 16.9 Å². The zero-order valence-electron chi connectivity index (χ0n) is 18.8. The Hall–Kier alpha value is -3.71. The largest absolute Gasteiger partial charge is 0.352 e. The first kappa shape index (κ1) is 22.1. The van der Waals surface area contributed by atoms with E-state index in [4.69, 9.17) is 5.10 Å².